The van der Waals surface area contributed by atoms with Crippen LogP contribution in [-0.2, 0) is 18.4 Å². The van der Waals surface area contributed by atoms with E-state index in [0.717, 1.165) is 23.6 Å². The number of carbonyl (C=O) groups is 1. The van der Waals surface area contributed by atoms with Crippen LogP contribution < -0.4 is 5.56 Å². The molecule has 0 N–H and O–H groups in total. The van der Waals surface area contributed by atoms with Gasteiger partial charge in [0.2, 0.25) is 5.91 Å². The fourth-order valence-electron chi connectivity index (χ4n) is 3.10. The molecule has 0 saturated carbocycles. The fraction of sp³-hybridized carbons (Fsp3) is 0.500. The molecule has 0 radical (unpaired) electrons. The van der Waals surface area contributed by atoms with Gasteiger partial charge in [-0.25, -0.2) is 9.67 Å². The Hall–Kier alpha value is -2.44. The summed E-state index contributed by atoms with van der Waals surface area (Å²) in [6.45, 7) is 5.10. The number of hydrogen-bond donors (Lipinski definition) is 0. The van der Waals surface area contributed by atoms with Crippen LogP contribution in [0.1, 0.15) is 29.6 Å². The van der Waals surface area contributed by atoms with E-state index in [-0.39, 0.29) is 23.9 Å². The molecule has 1 aliphatic rings. The average molecular weight is 315 g/mol. The summed E-state index contributed by atoms with van der Waals surface area (Å²) in [5.41, 5.74) is 1.46. The molecule has 0 aromatic carbocycles. The highest BCUT2D eigenvalue weighted by molar-refractivity contribution is 5.76. The Morgan fingerprint density at radius 1 is 1.30 bits per heavy atom. The monoisotopic (exact) mass is 315 g/mol. The minimum Gasteiger partial charge on any atom is -0.340 e. The highest BCUT2D eigenvalue weighted by atomic mass is 16.2. The summed E-state index contributed by atoms with van der Waals surface area (Å²) >= 11 is 0. The van der Waals surface area contributed by atoms with Crippen molar-refractivity contribution in [2.75, 3.05) is 13.1 Å². The number of rotatable bonds is 3. The number of aryl methyl sites for hydroxylation is 3. The van der Waals surface area contributed by atoms with Crippen molar-refractivity contribution in [3.63, 3.8) is 0 Å². The number of likely N-dealkylation sites (tertiary alicyclic amines) is 1. The van der Waals surface area contributed by atoms with E-state index in [0.29, 0.717) is 13.1 Å². The van der Waals surface area contributed by atoms with E-state index in [9.17, 15) is 9.59 Å². The summed E-state index contributed by atoms with van der Waals surface area (Å²) < 4.78 is 3.26. The SMILES string of the molecule is Cc1cn(C)c([C@H]2CCN(C(=O)Cn3nc(C)ccc3=O)C2)n1. The maximum Gasteiger partial charge on any atom is 0.267 e. The molecule has 2 aromatic heterocycles. The van der Waals surface area contributed by atoms with Crippen molar-refractivity contribution >= 4 is 5.91 Å². The van der Waals surface area contributed by atoms with Crippen LogP contribution in [-0.4, -0.2) is 43.2 Å². The minimum absolute atomic E-state index is 0.00712. The summed E-state index contributed by atoms with van der Waals surface area (Å²) in [5.74, 6) is 1.20. The zero-order chi connectivity index (χ0) is 16.6. The molecule has 3 heterocycles. The molecule has 1 atom stereocenters. The maximum absolute atomic E-state index is 12.4. The molecule has 7 nitrogen and oxygen atoms in total. The molecule has 1 aliphatic heterocycles. The molecule has 3 rings (SSSR count). The number of aromatic nitrogens is 4. The summed E-state index contributed by atoms with van der Waals surface area (Å²) in [6, 6.07) is 3.09. The summed E-state index contributed by atoms with van der Waals surface area (Å²) in [4.78, 5) is 30.6. The van der Waals surface area contributed by atoms with Gasteiger partial charge in [-0.3, -0.25) is 9.59 Å². The highest BCUT2D eigenvalue weighted by Crippen LogP contribution is 2.26. The Balaban J connectivity index is 1.69. The third kappa shape index (κ3) is 3.18. The van der Waals surface area contributed by atoms with Crippen LogP contribution in [0, 0.1) is 13.8 Å². The van der Waals surface area contributed by atoms with E-state index in [2.05, 4.69) is 10.1 Å². The quantitative estimate of drug-likeness (QED) is 0.832. The van der Waals surface area contributed by atoms with Crippen LogP contribution in [0.3, 0.4) is 0 Å². The van der Waals surface area contributed by atoms with Gasteiger partial charge in [0.05, 0.1) is 11.4 Å². The lowest BCUT2D eigenvalue weighted by atomic mass is 10.1. The normalized spacial score (nSPS) is 17.7. The van der Waals surface area contributed by atoms with Crippen LogP contribution in [0.5, 0.6) is 0 Å². The lowest BCUT2D eigenvalue weighted by molar-refractivity contribution is -0.131. The first kappa shape index (κ1) is 15.5. The van der Waals surface area contributed by atoms with E-state index < -0.39 is 0 Å². The van der Waals surface area contributed by atoms with Crippen LogP contribution in [0.25, 0.3) is 0 Å². The molecule has 0 spiro atoms. The Bertz CT molecular complexity index is 792. The second-order valence-corrected chi connectivity index (χ2v) is 6.15. The van der Waals surface area contributed by atoms with Gasteiger partial charge in [-0.2, -0.15) is 5.10 Å². The van der Waals surface area contributed by atoms with Gasteiger partial charge in [0.1, 0.15) is 12.4 Å². The first-order valence-electron chi connectivity index (χ1n) is 7.76. The van der Waals surface area contributed by atoms with Crippen LogP contribution in [0.4, 0.5) is 0 Å². The zero-order valence-corrected chi connectivity index (χ0v) is 13.7. The number of hydrogen-bond acceptors (Lipinski definition) is 4. The smallest absolute Gasteiger partial charge is 0.267 e. The Kier molecular flexibility index (Phi) is 4.02. The molecule has 0 aliphatic carbocycles. The maximum atomic E-state index is 12.4. The van der Waals surface area contributed by atoms with Crippen LogP contribution in [0.2, 0.25) is 0 Å². The minimum atomic E-state index is -0.251. The van der Waals surface area contributed by atoms with Gasteiger partial charge in [-0.15, -0.1) is 0 Å². The number of carbonyl (C=O) groups excluding carboxylic acids is 1. The second-order valence-electron chi connectivity index (χ2n) is 6.15. The molecule has 0 unspecified atom stereocenters. The predicted molar refractivity (Wildman–Crippen MR) is 85.1 cm³/mol. The summed E-state index contributed by atoms with van der Waals surface area (Å²) in [7, 11) is 1.98. The largest absolute Gasteiger partial charge is 0.340 e. The molecule has 1 fully saturated rings. The Morgan fingerprint density at radius 3 is 2.78 bits per heavy atom. The highest BCUT2D eigenvalue weighted by Gasteiger charge is 2.30. The van der Waals surface area contributed by atoms with Crippen molar-refractivity contribution in [1.29, 1.82) is 0 Å². The lowest BCUT2D eigenvalue weighted by Gasteiger charge is -2.17. The number of amides is 1. The van der Waals surface area contributed by atoms with Gasteiger partial charge in [-0.1, -0.05) is 0 Å². The fourth-order valence-corrected chi connectivity index (χ4v) is 3.10. The Morgan fingerprint density at radius 2 is 2.09 bits per heavy atom. The van der Waals surface area contributed by atoms with Crippen molar-refractivity contribution in [1.82, 2.24) is 24.2 Å². The van der Waals surface area contributed by atoms with Crippen molar-refractivity contribution in [2.45, 2.75) is 32.7 Å². The molecule has 7 heteroatoms. The molecular formula is C16H21N5O2. The van der Waals surface area contributed by atoms with Gasteiger partial charge in [0.15, 0.2) is 0 Å². The van der Waals surface area contributed by atoms with Crippen molar-refractivity contribution in [3.05, 3.63) is 45.9 Å². The van der Waals surface area contributed by atoms with Gasteiger partial charge >= 0.3 is 0 Å². The van der Waals surface area contributed by atoms with Gasteiger partial charge in [0.25, 0.3) is 5.56 Å². The van der Waals surface area contributed by atoms with Crippen LogP contribution >= 0.6 is 0 Å². The first-order chi connectivity index (χ1) is 10.9. The molecule has 122 valence electrons. The second kappa shape index (κ2) is 5.98. The first-order valence-corrected chi connectivity index (χ1v) is 7.76. The molecule has 0 bridgehead atoms. The summed E-state index contributed by atoms with van der Waals surface area (Å²) in [5, 5.41) is 4.12. The van der Waals surface area contributed by atoms with E-state index in [1.165, 1.54) is 10.7 Å². The van der Waals surface area contributed by atoms with E-state index in [4.69, 9.17) is 0 Å². The standard InChI is InChI=1S/C16H21N5O2/c1-11-4-5-14(22)21(18-11)10-15(23)20-7-6-13(9-20)16-17-12(2)8-19(16)3/h4-5,8,13H,6-7,9-10H2,1-3H3/t13-/m0/s1. The predicted octanol–water partition coefficient (Wildman–Crippen LogP) is 0.610. The van der Waals surface area contributed by atoms with E-state index in [1.54, 1.807) is 17.9 Å². The van der Waals surface area contributed by atoms with E-state index >= 15 is 0 Å². The van der Waals surface area contributed by atoms with Gasteiger partial charge in [0, 0.05) is 38.3 Å². The number of imidazole rings is 1. The molecule has 23 heavy (non-hydrogen) atoms. The zero-order valence-electron chi connectivity index (χ0n) is 13.7. The number of nitrogens with zero attached hydrogens (tertiary/aromatic N) is 5. The Labute approximate surface area is 134 Å². The molecule has 1 amide bonds. The van der Waals surface area contributed by atoms with Crippen molar-refractivity contribution in [2.24, 2.45) is 7.05 Å². The lowest BCUT2D eigenvalue weighted by Crippen LogP contribution is -2.36. The topological polar surface area (TPSA) is 73.0 Å². The van der Waals surface area contributed by atoms with Crippen molar-refractivity contribution < 1.29 is 4.79 Å². The molecular weight excluding hydrogens is 294 g/mol. The van der Waals surface area contributed by atoms with Crippen molar-refractivity contribution in [3.8, 4) is 0 Å². The van der Waals surface area contributed by atoms with Gasteiger partial charge in [-0.05, 0) is 26.3 Å². The average Bonchev–Trinajstić information content (AvgIpc) is 3.09. The van der Waals surface area contributed by atoms with Crippen LogP contribution in [0.15, 0.2) is 23.1 Å². The third-order valence-corrected chi connectivity index (χ3v) is 4.22. The molecule has 1 saturated heterocycles. The van der Waals surface area contributed by atoms with Gasteiger partial charge < -0.3 is 9.47 Å². The summed E-state index contributed by atoms with van der Waals surface area (Å²) in [6.07, 6.45) is 2.89. The molecule has 2 aromatic rings. The third-order valence-electron chi connectivity index (χ3n) is 4.22. The van der Waals surface area contributed by atoms with E-state index in [1.807, 2.05) is 24.7 Å².